The maximum absolute atomic E-state index is 12.5. The molecule has 2 saturated carbocycles. The molecule has 0 aliphatic heterocycles. The lowest BCUT2D eigenvalue weighted by molar-refractivity contribution is -0.136. The van der Waals surface area contributed by atoms with Crippen LogP contribution in [0, 0.1) is 22.2 Å². The molecule has 2 N–H and O–H groups in total. The molecule has 180 valence electrons. The van der Waals surface area contributed by atoms with Gasteiger partial charge in [0.05, 0.1) is 17.9 Å². The molecule has 3 aliphatic rings. The van der Waals surface area contributed by atoms with E-state index in [2.05, 4.69) is 23.6 Å². The standard InChI is InChI=1S/C24H32ClN3O5/c1-14(26-23(31)28(27-32)12-11-25)22(30)33-16-4-6-17-15(13-16)3-5-19-18(17)9-10-24(2)20(19)7-8-21(24)29/h4,6,13-14,18-21,29H,3,5,7-12H2,1-2H3,(H,26,31)/t14?,18-,19-,20+,21+,24+/m1/s1. The maximum Gasteiger partial charge on any atom is 0.341 e. The van der Waals surface area contributed by atoms with Crippen LogP contribution >= 0.6 is 11.6 Å². The lowest BCUT2D eigenvalue weighted by Gasteiger charge is -2.50. The third kappa shape index (κ3) is 4.47. The summed E-state index contributed by atoms with van der Waals surface area (Å²) in [6, 6.07) is 4.07. The summed E-state index contributed by atoms with van der Waals surface area (Å²) in [5, 5.41) is 16.2. The largest absolute Gasteiger partial charge is 0.425 e. The van der Waals surface area contributed by atoms with Gasteiger partial charge in [-0.1, -0.05) is 13.0 Å². The number of hydrogen-bond acceptors (Lipinski definition) is 6. The Bertz CT molecular complexity index is 927. The molecule has 2 amide bonds. The van der Waals surface area contributed by atoms with E-state index in [1.807, 2.05) is 12.1 Å². The Morgan fingerprint density at radius 3 is 2.85 bits per heavy atom. The number of nitrogens with zero attached hydrogens (tertiary/aromatic N) is 2. The highest BCUT2D eigenvalue weighted by Gasteiger charge is 2.54. The Morgan fingerprint density at radius 2 is 2.12 bits per heavy atom. The predicted octanol–water partition coefficient (Wildman–Crippen LogP) is 4.13. The van der Waals surface area contributed by atoms with Gasteiger partial charge >= 0.3 is 12.0 Å². The number of urea groups is 1. The molecule has 8 nitrogen and oxygen atoms in total. The summed E-state index contributed by atoms with van der Waals surface area (Å²) in [4.78, 5) is 35.2. The number of ether oxygens (including phenoxy) is 1. The van der Waals surface area contributed by atoms with Gasteiger partial charge in [-0.3, -0.25) is 0 Å². The zero-order valence-electron chi connectivity index (χ0n) is 19.1. The summed E-state index contributed by atoms with van der Waals surface area (Å²) in [5.41, 5.74) is 2.59. The third-order valence-corrected chi connectivity index (χ3v) is 8.36. The number of nitroso groups, excluding NO2 is 1. The van der Waals surface area contributed by atoms with Crippen molar-refractivity contribution >= 4 is 23.6 Å². The van der Waals surface area contributed by atoms with Crippen LogP contribution in [-0.2, 0) is 11.2 Å². The molecule has 0 heterocycles. The van der Waals surface area contributed by atoms with E-state index in [-0.39, 0.29) is 23.9 Å². The minimum atomic E-state index is -0.956. The fraction of sp³-hybridized carbons (Fsp3) is 0.667. The SMILES string of the molecule is CC(NC(=O)N(CCCl)N=O)C(=O)Oc1ccc2c(c1)CC[C@@H]1[C@@H]2CC[C@]2(C)[C@@H](O)CC[C@@H]12. The van der Waals surface area contributed by atoms with Gasteiger partial charge in [-0.15, -0.1) is 16.5 Å². The van der Waals surface area contributed by atoms with Crippen molar-refractivity contribution < 1.29 is 19.4 Å². The molecule has 3 aliphatic carbocycles. The number of rotatable bonds is 6. The van der Waals surface area contributed by atoms with Gasteiger partial charge in [-0.2, -0.15) is 5.01 Å². The third-order valence-electron chi connectivity index (χ3n) is 8.19. The van der Waals surface area contributed by atoms with Crippen molar-refractivity contribution in [2.45, 2.75) is 70.4 Å². The van der Waals surface area contributed by atoms with Crippen LogP contribution in [0.3, 0.4) is 0 Å². The number of fused-ring (bicyclic) bond motifs is 5. The first-order valence-corrected chi connectivity index (χ1v) is 12.3. The molecule has 1 aromatic carbocycles. The Kier molecular flexibility index (Phi) is 6.96. The Hall–Kier alpha value is -2.19. The molecule has 2 fully saturated rings. The number of hydrogen-bond donors (Lipinski definition) is 2. The molecule has 0 spiro atoms. The fourth-order valence-electron chi connectivity index (χ4n) is 6.38. The van der Waals surface area contributed by atoms with E-state index in [4.69, 9.17) is 16.3 Å². The summed E-state index contributed by atoms with van der Waals surface area (Å²) in [6.45, 7) is 3.70. The number of aliphatic hydroxyl groups excluding tert-OH is 1. The number of aryl methyl sites for hydroxylation is 1. The van der Waals surface area contributed by atoms with Crippen molar-refractivity contribution in [1.29, 1.82) is 0 Å². The van der Waals surface area contributed by atoms with Crippen molar-refractivity contribution in [2.24, 2.45) is 22.5 Å². The second-order valence-corrected chi connectivity index (χ2v) is 10.3. The molecule has 0 bridgehead atoms. The molecule has 0 radical (unpaired) electrons. The molecular weight excluding hydrogens is 446 g/mol. The highest BCUT2D eigenvalue weighted by Crippen LogP contribution is 2.60. The van der Waals surface area contributed by atoms with Crippen LogP contribution in [0.4, 0.5) is 4.79 Å². The van der Waals surface area contributed by atoms with Crippen molar-refractivity contribution in [3.63, 3.8) is 0 Å². The predicted molar refractivity (Wildman–Crippen MR) is 124 cm³/mol. The van der Waals surface area contributed by atoms with Gasteiger partial charge in [0, 0.05) is 5.88 Å². The van der Waals surface area contributed by atoms with Gasteiger partial charge < -0.3 is 15.2 Å². The van der Waals surface area contributed by atoms with E-state index < -0.39 is 18.0 Å². The van der Waals surface area contributed by atoms with Crippen LogP contribution in [0.2, 0.25) is 0 Å². The highest BCUT2D eigenvalue weighted by atomic mass is 35.5. The minimum Gasteiger partial charge on any atom is -0.425 e. The van der Waals surface area contributed by atoms with Crippen molar-refractivity contribution in [3.8, 4) is 5.75 Å². The molecule has 6 atom stereocenters. The fourth-order valence-corrected chi connectivity index (χ4v) is 6.54. The molecule has 1 aromatic rings. The summed E-state index contributed by atoms with van der Waals surface area (Å²) < 4.78 is 5.51. The number of benzene rings is 1. The first kappa shape index (κ1) is 24.0. The number of esters is 1. The summed E-state index contributed by atoms with van der Waals surface area (Å²) in [7, 11) is 0. The summed E-state index contributed by atoms with van der Waals surface area (Å²) in [6.07, 6.45) is 5.97. The van der Waals surface area contributed by atoms with Crippen LogP contribution in [0.25, 0.3) is 0 Å². The molecule has 1 unspecified atom stereocenters. The van der Waals surface area contributed by atoms with E-state index in [1.54, 1.807) is 0 Å². The average Bonchev–Trinajstić information content (AvgIpc) is 3.11. The quantitative estimate of drug-likeness (QED) is 0.210. The topological polar surface area (TPSA) is 108 Å². The second-order valence-electron chi connectivity index (χ2n) is 9.90. The van der Waals surface area contributed by atoms with Crippen LogP contribution in [0.15, 0.2) is 23.5 Å². The van der Waals surface area contributed by atoms with Gasteiger partial charge in [0.1, 0.15) is 11.8 Å². The molecular formula is C24H32ClN3O5. The summed E-state index contributed by atoms with van der Waals surface area (Å²) >= 11 is 5.54. The lowest BCUT2D eigenvalue weighted by Crippen LogP contribution is -2.46. The molecule has 0 aromatic heterocycles. The zero-order valence-corrected chi connectivity index (χ0v) is 19.9. The minimum absolute atomic E-state index is 0.0490. The van der Waals surface area contributed by atoms with Gasteiger partial charge in [0.2, 0.25) is 0 Å². The van der Waals surface area contributed by atoms with Gasteiger partial charge in [-0.05, 0) is 91.9 Å². The number of amides is 2. The van der Waals surface area contributed by atoms with Crippen LogP contribution < -0.4 is 10.1 Å². The number of nitrogens with one attached hydrogen (secondary N) is 1. The van der Waals surface area contributed by atoms with Gasteiger partial charge in [-0.25, -0.2) is 9.59 Å². The first-order chi connectivity index (χ1) is 15.8. The number of alkyl halides is 1. The second kappa shape index (κ2) is 9.58. The maximum atomic E-state index is 12.5. The Morgan fingerprint density at radius 1 is 1.33 bits per heavy atom. The Labute approximate surface area is 198 Å². The average molecular weight is 478 g/mol. The molecule has 33 heavy (non-hydrogen) atoms. The summed E-state index contributed by atoms with van der Waals surface area (Å²) in [5.74, 6) is 1.53. The van der Waals surface area contributed by atoms with Crippen molar-refractivity contribution in [3.05, 3.63) is 34.2 Å². The number of carbonyl (C=O) groups is 2. The molecule has 9 heteroatoms. The number of aliphatic hydroxyl groups is 1. The normalized spacial score (nSPS) is 30.9. The van der Waals surface area contributed by atoms with Gasteiger partial charge in [0.25, 0.3) is 0 Å². The zero-order chi connectivity index (χ0) is 23.8. The van der Waals surface area contributed by atoms with E-state index >= 15 is 0 Å². The highest BCUT2D eigenvalue weighted by molar-refractivity contribution is 6.18. The van der Waals surface area contributed by atoms with Crippen LogP contribution in [0.5, 0.6) is 5.75 Å². The Balaban J connectivity index is 1.41. The number of carbonyl (C=O) groups excluding carboxylic acids is 2. The van der Waals surface area contributed by atoms with E-state index in [0.29, 0.717) is 28.5 Å². The first-order valence-electron chi connectivity index (χ1n) is 11.8. The van der Waals surface area contributed by atoms with Crippen molar-refractivity contribution in [2.75, 3.05) is 12.4 Å². The van der Waals surface area contributed by atoms with Crippen LogP contribution in [-0.4, -0.2) is 46.7 Å². The van der Waals surface area contributed by atoms with E-state index in [0.717, 1.165) is 38.5 Å². The van der Waals surface area contributed by atoms with Crippen molar-refractivity contribution in [1.82, 2.24) is 10.3 Å². The van der Waals surface area contributed by atoms with E-state index in [9.17, 15) is 19.6 Å². The number of halogens is 1. The van der Waals surface area contributed by atoms with Gasteiger partial charge in [0.15, 0.2) is 0 Å². The lowest BCUT2D eigenvalue weighted by atomic mass is 9.55. The molecule has 0 saturated heterocycles. The smallest absolute Gasteiger partial charge is 0.341 e. The monoisotopic (exact) mass is 477 g/mol. The van der Waals surface area contributed by atoms with Crippen LogP contribution in [0.1, 0.15) is 63.0 Å². The van der Waals surface area contributed by atoms with E-state index in [1.165, 1.54) is 18.1 Å². The molecule has 4 rings (SSSR count).